The third-order valence-electron chi connectivity index (χ3n) is 5.73. The summed E-state index contributed by atoms with van der Waals surface area (Å²) in [5, 5.41) is 2.97. The van der Waals surface area contributed by atoms with E-state index in [2.05, 4.69) is 27.1 Å². The molecule has 1 aliphatic carbocycles. The molecule has 4 rings (SSSR count). The van der Waals surface area contributed by atoms with Gasteiger partial charge in [0.05, 0.1) is 4.90 Å². The lowest BCUT2D eigenvalue weighted by atomic mass is 10.0. The van der Waals surface area contributed by atoms with E-state index in [0.717, 1.165) is 38.0 Å². The summed E-state index contributed by atoms with van der Waals surface area (Å²) in [7, 11) is -3.50. The van der Waals surface area contributed by atoms with E-state index in [1.807, 2.05) is 12.1 Å². The van der Waals surface area contributed by atoms with Crippen LogP contribution in [0.2, 0.25) is 0 Å². The van der Waals surface area contributed by atoms with Crippen molar-refractivity contribution in [2.75, 3.05) is 13.1 Å². The van der Waals surface area contributed by atoms with Crippen molar-refractivity contribution in [3.63, 3.8) is 0 Å². The Morgan fingerprint density at radius 1 is 0.933 bits per heavy atom. The maximum absolute atomic E-state index is 12.6. The van der Waals surface area contributed by atoms with Gasteiger partial charge in [-0.2, -0.15) is 0 Å². The number of rotatable bonds is 8. The van der Waals surface area contributed by atoms with Crippen molar-refractivity contribution in [2.45, 2.75) is 56.1 Å². The van der Waals surface area contributed by atoms with Crippen LogP contribution in [0.3, 0.4) is 0 Å². The molecule has 1 saturated heterocycles. The minimum Gasteiger partial charge on any atom is -0.348 e. The van der Waals surface area contributed by atoms with Gasteiger partial charge in [0.2, 0.25) is 10.0 Å². The molecule has 0 radical (unpaired) electrons. The third kappa shape index (κ3) is 5.47. The van der Waals surface area contributed by atoms with E-state index in [-0.39, 0.29) is 16.8 Å². The Morgan fingerprint density at radius 2 is 1.60 bits per heavy atom. The third-order valence-corrected chi connectivity index (χ3v) is 7.26. The molecule has 1 saturated carbocycles. The lowest BCUT2D eigenvalue weighted by Crippen LogP contribution is -2.30. The molecule has 7 heteroatoms. The van der Waals surface area contributed by atoms with E-state index < -0.39 is 10.0 Å². The average Bonchev–Trinajstić information content (AvgIpc) is 3.57. The Kier molecular flexibility index (Phi) is 6.51. The lowest BCUT2D eigenvalue weighted by molar-refractivity contribution is 0.0950. The first-order valence-corrected chi connectivity index (χ1v) is 12.2. The SMILES string of the molecule is O=C(NCc1ccccc1CN1CCCCC1)c1ccc(S(=O)(=O)NC2CC2)cc1. The molecule has 1 heterocycles. The van der Waals surface area contributed by atoms with E-state index in [1.54, 1.807) is 12.1 Å². The predicted molar refractivity (Wildman–Crippen MR) is 117 cm³/mol. The summed E-state index contributed by atoms with van der Waals surface area (Å²) in [5.74, 6) is -0.207. The van der Waals surface area contributed by atoms with Gasteiger partial charge in [-0.1, -0.05) is 30.7 Å². The van der Waals surface area contributed by atoms with Crippen LogP contribution in [-0.2, 0) is 23.1 Å². The molecular weight excluding hydrogens is 398 g/mol. The van der Waals surface area contributed by atoms with Gasteiger partial charge in [-0.15, -0.1) is 0 Å². The monoisotopic (exact) mass is 427 g/mol. The zero-order valence-electron chi connectivity index (χ0n) is 17.1. The van der Waals surface area contributed by atoms with E-state index in [4.69, 9.17) is 0 Å². The van der Waals surface area contributed by atoms with Gasteiger partial charge in [-0.3, -0.25) is 9.69 Å². The number of hydrogen-bond donors (Lipinski definition) is 2. The van der Waals surface area contributed by atoms with Gasteiger partial charge in [0.1, 0.15) is 0 Å². The van der Waals surface area contributed by atoms with Gasteiger partial charge < -0.3 is 5.32 Å². The number of likely N-dealkylation sites (tertiary alicyclic amines) is 1. The molecule has 0 bridgehead atoms. The molecule has 0 spiro atoms. The van der Waals surface area contributed by atoms with E-state index in [9.17, 15) is 13.2 Å². The fourth-order valence-electron chi connectivity index (χ4n) is 3.79. The molecule has 2 aromatic carbocycles. The molecule has 30 heavy (non-hydrogen) atoms. The number of benzene rings is 2. The zero-order chi connectivity index (χ0) is 21.0. The van der Waals surface area contributed by atoms with Crippen molar-refractivity contribution >= 4 is 15.9 Å². The number of sulfonamides is 1. The summed E-state index contributed by atoms with van der Waals surface area (Å²) in [6.45, 7) is 3.62. The fraction of sp³-hybridized carbons (Fsp3) is 0.435. The quantitative estimate of drug-likeness (QED) is 0.679. The highest BCUT2D eigenvalue weighted by Gasteiger charge is 2.28. The normalized spacial score (nSPS) is 17.6. The number of nitrogens with one attached hydrogen (secondary N) is 2. The van der Waals surface area contributed by atoms with Gasteiger partial charge in [-0.05, 0) is 74.2 Å². The molecule has 2 fully saturated rings. The largest absolute Gasteiger partial charge is 0.348 e. The Hall–Kier alpha value is -2.22. The Bertz CT molecular complexity index is 979. The first-order valence-electron chi connectivity index (χ1n) is 10.7. The van der Waals surface area contributed by atoms with Gasteiger partial charge in [-0.25, -0.2) is 13.1 Å². The zero-order valence-corrected chi connectivity index (χ0v) is 18.0. The number of hydrogen-bond acceptors (Lipinski definition) is 4. The van der Waals surface area contributed by atoms with E-state index in [1.165, 1.54) is 37.0 Å². The molecule has 2 aromatic rings. The molecule has 160 valence electrons. The van der Waals surface area contributed by atoms with Crippen molar-refractivity contribution < 1.29 is 13.2 Å². The summed E-state index contributed by atoms with van der Waals surface area (Å²) in [6.07, 6.45) is 5.59. The molecular formula is C23H29N3O3S. The van der Waals surface area contributed by atoms with Crippen LogP contribution >= 0.6 is 0 Å². The Morgan fingerprint density at radius 3 is 2.27 bits per heavy atom. The van der Waals surface area contributed by atoms with Crippen LogP contribution in [0.15, 0.2) is 53.4 Å². The average molecular weight is 428 g/mol. The van der Waals surface area contributed by atoms with Crippen molar-refractivity contribution in [1.82, 2.24) is 14.9 Å². The van der Waals surface area contributed by atoms with Gasteiger partial charge in [0, 0.05) is 24.7 Å². The van der Waals surface area contributed by atoms with Crippen LogP contribution in [0, 0.1) is 0 Å². The second-order valence-electron chi connectivity index (χ2n) is 8.21. The highest BCUT2D eigenvalue weighted by Crippen LogP contribution is 2.22. The van der Waals surface area contributed by atoms with Crippen molar-refractivity contribution in [3.8, 4) is 0 Å². The number of carbonyl (C=O) groups excluding carboxylic acids is 1. The molecule has 1 aliphatic heterocycles. The molecule has 1 amide bonds. The highest BCUT2D eigenvalue weighted by atomic mass is 32.2. The van der Waals surface area contributed by atoms with Crippen LogP contribution < -0.4 is 10.0 Å². The first-order chi connectivity index (χ1) is 14.5. The van der Waals surface area contributed by atoms with Crippen molar-refractivity contribution in [3.05, 3.63) is 65.2 Å². The Labute approximate surface area is 178 Å². The van der Waals surface area contributed by atoms with Crippen LogP contribution in [0.25, 0.3) is 0 Å². The summed E-state index contributed by atoms with van der Waals surface area (Å²) in [4.78, 5) is 15.2. The second-order valence-corrected chi connectivity index (χ2v) is 9.92. The standard InChI is InChI=1S/C23H29N3O3S/c27-23(18-8-12-22(13-9-18)30(28,29)25-21-10-11-21)24-16-19-6-2-3-7-20(19)17-26-14-4-1-5-15-26/h2-3,6-9,12-13,21,25H,1,4-5,10-11,14-17H2,(H,24,27). The van der Waals surface area contributed by atoms with E-state index >= 15 is 0 Å². The summed E-state index contributed by atoms with van der Waals surface area (Å²) in [6, 6.07) is 14.4. The molecule has 2 N–H and O–H groups in total. The maximum atomic E-state index is 12.6. The molecule has 0 unspecified atom stereocenters. The summed E-state index contributed by atoms with van der Waals surface area (Å²) < 4.78 is 27.2. The predicted octanol–water partition coefficient (Wildman–Crippen LogP) is 3.04. The maximum Gasteiger partial charge on any atom is 0.251 e. The molecule has 6 nitrogen and oxygen atoms in total. The number of nitrogens with zero attached hydrogens (tertiary/aromatic N) is 1. The van der Waals surface area contributed by atoms with Crippen LogP contribution in [0.5, 0.6) is 0 Å². The topological polar surface area (TPSA) is 78.5 Å². The minimum absolute atomic E-state index is 0.0583. The van der Waals surface area contributed by atoms with Gasteiger partial charge >= 0.3 is 0 Å². The number of piperidine rings is 1. The van der Waals surface area contributed by atoms with E-state index in [0.29, 0.717) is 12.1 Å². The van der Waals surface area contributed by atoms with Crippen molar-refractivity contribution in [1.29, 1.82) is 0 Å². The van der Waals surface area contributed by atoms with Crippen LogP contribution in [-0.4, -0.2) is 38.4 Å². The Balaban J connectivity index is 1.36. The molecule has 2 aliphatic rings. The number of carbonyl (C=O) groups is 1. The minimum atomic E-state index is -3.50. The van der Waals surface area contributed by atoms with Crippen molar-refractivity contribution in [2.24, 2.45) is 0 Å². The number of amides is 1. The second kappa shape index (κ2) is 9.29. The lowest BCUT2D eigenvalue weighted by Gasteiger charge is -2.27. The van der Waals surface area contributed by atoms with Crippen LogP contribution in [0.4, 0.5) is 0 Å². The summed E-state index contributed by atoms with van der Waals surface area (Å²) >= 11 is 0. The van der Waals surface area contributed by atoms with Gasteiger partial charge in [0.25, 0.3) is 5.91 Å². The first kappa shape index (κ1) is 21.0. The molecule has 0 atom stereocenters. The molecule has 0 aromatic heterocycles. The van der Waals surface area contributed by atoms with Crippen LogP contribution in [0.1, 0.15) is 53.6 Å². The van der Waals surface area contributed by atoms with Gasteiger partial charge in [0.15, 0.2) is 0 Å². The highest BCUT2D eigenvalue weighted by molar-refractivity contribution is 7.89. The summed E-state index contributed by atoms with van der Waals surface area (Å²) in [5.41, 5.74) is 2.81. The fourth-order valence-corrected chi connectivity index (χ4v) is 5.10. The smallest absolute Gasteiger partial charge is 0.251 e.